The Morgan fingerprint density at radius 3 is 2.40 bits per heavy atom. The molecule has 2 rings (SSSR count). The van der Waals surface area contributed by atoms with E-state index in [1.54, 1.807) is 24.3 Å². The van der Waals surface area contributed by atoms with E-state index in [0.717, 1.165) is 5.56 Å². The molecule has 1 N–H and O–H groups in total. The minimum absolute atomic E-state index is 0.0151. The Morgan fingerprint density at radius 1 is 1.20 bits per heavy atom. The summed E-state index contributed by atoms with van der Waals surface area (Å²) in [6.07, 6.45) is 0. The van der Waals surface area contributed by atoms with Crippen molar-refractivity contribution >= 4 is 43.5 Å². The number of ether oxygens (including phenoxy) is 1. The van der Waals surface area contributed by atoms with E-state index in [1.807, 2.05) is 0 Å². The van der Waals surface area contributed by atoms with Crippen LogP contribution in [-0.2, 0) is 13.2 Å². The second-order valence-corrected chi connectivity index (χ2v) is 6.15. The van der Waals surface area contributed by atoms with E-state index < -0.39 is 5.82 Å². The largest absolute Gasteiger partial charge is 0.486 e. The average molecular weight is 424 g/mol. The van der Waals surface area contributed by atoms with Crippen molar-refractivity contribution in [2.24, 2.45) is 0 Å². The van der Waals surface area contributed by atoms with Crippen LogP contribution >= 0.6 is 43.5 Å². The topological polar surface area (TPSA) is 29.5 Å². The third-order valence-electron chi connectivity index (χ3n) is 2.66. The molecule has 20 heavy (non-hydrogen) atoms. The van der Waals surface area contributed by atoms with Crippen LogP contribution in [0.3, 0.4) is 0 Å². The fourth-order valence-electron chi connectivity index (χ4n) is 1.66. The molecule has 0 saturated carbocycles. The lowest BCUT2D eigenvalue weighted by Gasteiger charge is -2.13. The second kappa shape index (κ2) is 6.89. The van der Waals surface area contributed by atoms with Crippen molar-refractivity contribution in [2.75, 3.05) is 0 Å². The summed E-state index contributed by atoms with van der Waals surface area (Å²) < 4.78 is 20.6. The Labute approximate surface area is 137 Å². The van der Waals surface area contributed by atoms with E-state index >= 15 is 0 Å². The first-order valence-corrected chi connectivity index (χ1v) is 7.63. The van der Waals surface area contributed by atoms with Crippen molar-refractivity contribution in [3.63, 3.8) is 0 Å². The van der Waals surface area contributed by atoms with Crippen molar-refractivity contribution in [1.29, 1.82) is 0 Å². The molecule has 0 fully saturated rings. The van der Waals surface area contributed by atoms with Crippen molar-refractivity contribution in [2.45, 2.75) is 13.2 Å². The van der Waals surface area contributed by atoms with E-state index in [4.69, 9.17) is 21.4 Å². The molecule has 0 unspecified atom stereocenters. The Hall–Kier alpha value is -0.620. The molecule has 0 heterocycles. The van der Waals surface area contributed by atoms with Gasteiger partial charge >= 0.3 is 0 Å². The van der Waals surface area contributed by atoms with Crippen LogP contribution in [0, 0.1) is 5.82 Å². The quantitative estimate of drug-likeness (QED) is 0.742. The van der Waals surface area contributed by atoms with Gasteiger partial charge in [0.25, 0.3) is 0 Å². The maximum Gasteiger partial charge on any atom is 0.148 e. The van der Waals surface area contributed by atoms with Crippen LogP contribution in [0.4, 0.5) is 4.39 Å². The van der Waals surface area contributed by atoms with E-state index in [9.17, 15) is 4.39 Å². The predicted octanol–water partition coefficient (Wildman–Crippen LogP) is 5.08. The molecular weight excluding hydrogens is 414 g/mol. The van der Waals surface area contributed by atoms with Gasteiger partial charge in [-0.2, -0.15) is 0 Å². The summed E-state index contributed by atoms with van der Waals surface area (Å²) in [6.45, 7) is -0.0577. The number of aliphatic hydroxyl groups is 1. The Balaban J connectivity index is 2.23. The van der Waals surface area contributed by atoms with Crippen LogP contribution in [0.1, 0.15) is 11.1 Å². The third-order valence-corrected chi connectivity index (χ3v) is 4.20. The maximum atomic E-state index is 13.7. The average Bonchev–Trinajstić information content (AvgIpc) is 2.40. The SMILES string of the molecule is OCc1cc(Br)c(OCc2c(F)cccc2Cl)c(Br)c1. The Bertz CT molecular complexity index is 591. The summed E-state index contributed by atoms with van der Waals surface area (Å²) in [6, 6.07) is 7.97. The predicted molar refractivity (Wildman–Crippen MR) is 83.5 cm³/mol. The van der Waals surface area contributed by atoms with Crippen LogP contribution in [0.2, 0.25) is 5.02 Å². The number of rotatable bonds is 4. The van der Waals surface area contributed by atoms with Crippen LogP contribution in [0.15, 0.2) is 39.3 Å². The monoisotopic (exact) mass is 422 g/mol. The van der Waals surface area contributed by atoms with Gasteiger partial charge in [-0.15, -0.1) is 0 Å². The molecule has 0 aliphatic heterocycles. The molecule has 0 saturated heterocycles. The Kier molecular flexibility index (Phi) is 5.43. The lowest BCUT2D eigenvalue weighted by atomic mass is 10.2. The lowest BCUT2D eigenvalue weighted by molar-refractivity contribution is 0.279. The molecule has 0 amide bonds. The fourth-order valence-corrected chi connectivity index (χ4v) is 3.38. The zero-order valence-electron chi connectivity index (χ0n) is 10.2. The summed E-state index contributed by atoms with van der Waals surface area (Å²) in [5, 5.41) is 9.43. The van der Waals surface area contributed by atoms with Gasteiger partial charge in [0.1, 0.15) is 18.2 Å². The minimum Gasteiger partial charge on any atom is -0.486 e. The second-order valence-electron chi connectivity index (χ2n) is 4.04. The van der Waals surface area contributed by atoms with Crippen LogP contribution in [0.5, 0.6) is 5.75 Å². The molecule has 0 aliphatic rings. The van der Waals surface area contributed by atoms with E-state index in [1.165, 1.54) is 6.07 Å². The molecule has 0 spiro atoms. The van der Waals surface area contributed by atoms with Gasteiger partial charge in [-0.25, -0.2) is 4.39 Å². The molecule has 0 aromatic heterocycles. The number of aliphatic hydroxyl groups excluding tert-OH is 1. The molecule has 0 radical (unpaired) electrons. The van der Waals surface area contributed by atoms with Gasteiger partial charge in [0, 0.05) is 5.56 Å². The summed E-state index contributed by atoms with van der Waals surface area (Å²) in [4.78, 5) is 0. The van der Waals surface area contributed by atoms with Crippen molar-refractivity contribution in [1.82, 2.24) is 0 Å². The summed E-state index contributed by atoms with van der Waals surface area (Å²) >= 11 is 12.7. The first-order chi connectivity index (χ1) is 9.52. The number of hydrogen-bond acceptors (Lipinski definition) is 2. The highest BCUT2D eigenvalue weighted by atomic mass is 79.9. The molecule has 2 aromatic rings. The summed E-state index contributed by atoms with van der Waals surface area (Å²) in [5.41, 5.74) is 1.04. The number of benzene rings is 2. The molecule has 2 aromatic carbocycles. The first kappa shape index (κ1) is 15.8. The molecule has 106 valence electrons. The maximum absolute atomic E-state index is 13.7. The highest BCUT2D eigenvalue weighted by Gasteiger charge is 2.12. The van der Waals surface area contributed by atoms with Crippen molar-refractivity contribution in [3.05, 3.63) is 61.2 Å². The summed E-state index contributed by atoms with van der Waals surface area (Å²) in [5.74, 6) is 0.123. The van der Waals surface area contributed by atoms with Gasteiger partial charge in [-0.05, 0) is 61.7 Å². The minimum atomic E-state index is -0.406. The number of halogens is 4. The van der Waals surface area contributed by atoms with Gasteiger partial charge in [0.05, 0.1) is 20.6 Å². The van der Waals surface area contributed by atoms with Gasteiger partial charge in [0.2, 0.25) is 0 Å². The standard InChI is InChI=1S/C14H10Br2ClFO2/c15-10-4-8(6-19)5-11(16)14(10)20-7-9-12(17)2-1-3-13(9)18/h1-5,19H,6-7H2. The number of hydrogen-bond donors (Lipinski definition) is 1. The third kappa shape index (κ3) is 3.52. The van der Waals surface area contributed by atoms with Crippen LogP contribution < -0.4 is 4.74 Å². The van der Waals surface area contributed by atoms with E-state index in [2.05, 4.69) is 31.9 Å². The van der Waals surface area contributed by atoms with Gasteiger partial charge in [-0.3, -0.25) is 0 Å². The summed E-state index contributed by atoms with van der Waals surface area (Å²) in [7, 11) is 0. The van der Waals surface area contributed by atoms with Crippen LogP contribution in [-0.4, -0.2) is 5.11 Å². The highest BCUT2D eigenvalue weighted by Crippen LogP contribution is 2.36. The normalized spacial score (nSPS) is 10.7. The molecule has 2 nitrogen and oxygen atoms in total. The van der Waals surface area contributed by atoms with Gasteiger partial charge < -0.3 is 9.84 Å². The molecule has 6 heteroatoms. The van der Waals surface area contributed by atoms with Crippen molar-refractivity contribution in [3.8, 4) is 5.75 Å². The highest BCUT2D eigenvalue weighted by molar-refractivity contribution is 9.11. The zero-order valence-corrected chi connectivity index (χ0v) is 14.1. The van der Waals surface area contributed by atoms with E-state index in [0.29, 0.717) is 25.3 Å². The van der Waals surface area contributed by atoms with Crippen LogP contribution in [0.25, 0.3) is 0 Å². The fraction of sp³-hybridized carbons (Fsp3) is 0.143. The first-order valence-electron chi connectivity index (χ1n) is 5.67. The molecule has 0 atom stereocenters. The van der Waals surface area contributed by atoms with Gasteiger partial charge in [0.15, 0.2) is 0 Å². The van der Waals surface area contributed by atoms with Crippen molar-refractivity contribution < 1.29 is 14.2 Å². The molecular formula is C14H10Br2ClFO2. The lowest BCUT2D eigenvalue weighted by Crippen LogP contribution is -2.01. The molecule has 0 bridgehead atoms. The Morgan fingerprint density at radius 2 is 1.85 bits per heavy atom. The smallest absolute Gasteiger partial charge is 0.148 e. The molecule has 0 aliphatic carbocycles. The van der Waals surface area contributed by atoms with E-state index in [-0.39, 0.29) is 13.2 Å². The van der Waals surface area contributed by atoms with Gasteiger partial charge in [-0.1, -0.05) is 17.7 Å². The zero-order chi connectivity index (χ0) is 14.7.